The second-order valence-corrected chi connectivity index (χ2v) is 6.41. The first-order valence-corrected chi connectivity index (χ1v) is 8.60. The van der Waals surface area contributed by atoms with E-state index in [-0.39, 0.29) is 17.4 Å². The molecule has 4 rings (SSSR count). The van der Waals surface area contributed by atoms with Gasteiger partial charge in [0.2, 0.25) is 0 Å². The minimum Gasteiger partial charge on any atom is -0.467 e. The van der Waals surface area contributed by atoms with Crippen LogP contribution in [0.5, 0.6) is 5.75 Å². The molecule has 1 saturated heterocycles. The number of fused-ring (bicyclic) bond motifs is 1. The number of non-ortho nitro benzene ring substituents is 1. The number of piperazine rings is 1. The van der Waals surface area contributed by atoms with Crippen LogP contribution in [-0.4, -0.2) is 47.8 Å². The maximum atomic E-state index is 11.2. The first kappa shape index (κ1) is 16.7. The number of benzene rings is 1. The SMILES string of the molecule is O=[N+]([O-])c1cc2c(c(CN3CCN(c4ccccn4)CC3)c1)OCOC2. The van der Waals surface area contributed by atoms with Gasteiger partial charge >= 0.3 is 0 Å². The fourth-order valence-electron chi connectivity index (χ4n) is 3.42. The number of pyridine rings is 1. The van der Waals surface area contributed by atoms with Crippen molar-refractivity contribution in [1.82, 2.24) is 9.88 Å². The van der Waals surface area contributed by atoms with Crippen molar-refractivity contribution in [2.75, 3.05) is 37.9 Å². The molecule has 1 aromatic carbocycles. The Kier molecular flexibility index (Phi) is 4.68. The second-order valence-electron chi connectivity index (χ2n) is 6.41. The zero-order valence-corrected chi connectivity index (χ0v) is 14.3. The monoisotopic (exact) mass is 356 g/mol. The van der Waals surface area contributed by atoms with Gasteiger partial charge in [-0.2, -0.15) is 0 Å². The van der Waals surface area contributed by atoms with Gasteiger partial charge in [0, 0.05) is 62.2 Å². The van der Waals surface area contributed by atoms with Crippen LogP contribution in [0.25, 0.3) is 0 Å². The zero-order chi connectivity index (χ0) is 17.9. The van der Waals surface area contributed by atoms with E-state index >= 15 is 0 Å². The number of nitro benzene ring substituents is 1. The van der Waals surface area contributed by atoms with E-state index in [1.165, 1.54) is 6.07 Å². The summed E-state index contributed by atoms with van der Waals surface area (Å²) < 4.78 is 10.9. The molecule has 0 spiro atoms. The van der Waals surface area contributed by atoms with Crippen LogP contribution < -0.4 is 9.64 Å². The van der Waals surface area contributed by atoms with E-state index in [0.29, 0.717) is 13.2 Å². The summed E-state index contributed by atoms with van der Waals surface area (Å²) in [5, 5.41) is 11.2. The quantitative estimate of drug-likeness (QED) is 0.613. The van der Waals surface area contributed by atoms with Crippen molar-refractivity contribution in [2.45, 2.75) is 13.2 Å². The standard InChI is InChI=1S/C18H20N4O4/c23-22(24)16-9-14(18-15(10-16)12-25-13-26-18)11-20-5-7-21(8-6-20)17-3-1-2-4-19-17/h1-4,9-10H,5-8,11-13H2. The van der Waals surface area contributed by atoms with Gasteiger partial charge in [-0.05, 0) is 12.1 Å². The number of rotatable bonds is 4. The fraction of sp³-hybridized carbons (Fsp3) is 0.389. The number of aromatic nitrogens is 1. The molecule has 0 amide bonds. The Morgan fingerprint density at radius 2 is 2.04 bits per heavy atom. The molecule has 2 aromatic rings. The Balaban J connectivity index is 1.48. The molecule has 0 N–H and O–H groups in total. The normalized spacial score (nSPS) is 17.5. The molecular weight excluding hydrogens is 336 g/mol. The third kappa shape index (κ3) is 3.47. The average Bonchev–Trinajstić information content (AvgIpc) is 2.69. The van der Waals surface area contributed by atoms with Gasteiger partial charge in [0.25, 0.3) is 5.69 Å². The molecule has 26 heavy (non-hydrogen) atoms. The van der Waals surface area contributed by atoms with Crippen LogP contribution in [-0.2, 0) is 17.9 Å². The third-order valence-electron chi connectivity index (χ3n) is 4.72. The third-order valence-corrected chi connectivity index (χ3v) is 4.72. The smallest absolute Gasteiger partial charge is 0.270 e. The summed E-state index contributed by atoms with van der Waals surface area (Å²) in [6.07, 6.45) is 1.80. The number of anilines is 1. The van der Waals surface area contributed by atoms with Crippen molar-refractivity contribution >= 4 is 11.5 Å². The molecule has 2 aliphatic rings. The zero-order valence-electron chi connectivity index (χ0n) is 14.3. The molecule has 2 aliphatic heterocycles. The minimum absolute atomic E-state index is 0.0833. The summed E-state index contributed by atoms with van der Waals surface area (Å²) in [6.45, 7) is 4.63. The Bertz CT molecular complexity index is 791. The van der Waals surface area contributed by atoms with Crippen molar-refractivity contribution in [2.24, 2.45) is 0 Å². The highest BCUT2D eigenvalue weighted by Gasteiger charge is 2.24. The molecule has 136 valence electrons. The maximum Gasteiger partial charge on any atom is 0.270 e. The highest BCUT2D eigenvalue weighted by atomic mass is 16.7. The lowest BCUT2D eigenvalue weighted by molar-refractivity contribution is -0.385. The van der Waals surface area contributed by atoms with E-state index in [9.17, 15) is 10.1 Å². The first-order valence-electron chi connectivity index (χ1n) is 8.60. The molecule has 0 radical (unpaired) electrons. The van der Waals surface area contributed by atoms with Crippen molar-refractivity contribution in [3.63, 3.8) is 0 Å². The predicted octanol–water partition coefficient (Wildman–Crippen LogP) is 2.18. The number of hydrogen-bond donors (Lipinski definition) is 0. The number of nitrogens with zero attached hydrogens (tertiary/aromatic N) is 4. The largest absolute Gasteiger partial charge is 0.467 e. The Hall–Kier alpha value is -2.71. The topological polar surface area (TPSA) is 81.0 Å². The van der Waals surface area contributed by atoms with Crippen LogP contribution in [0.4, 0.5) is 11.5 Å². The van der Waals surface area contributed by atoms with Gasteiger partial charge in [-0.3, -0.25) is 15.0 Å². The summed E-state index contributed by atoms with van der Waals surface area (Å²) in [6, 6.07) is 9.07. The highest BCUT2D eigenvalue weighted by molar-refractivity contribution is 5.50. The van der Waals surface area contributed by atoms with E-state index in [4.69, 9.17) is 9.47 Å². The molecule has 0 unspecified atom stereocenters. The van der Waals surface area contributed by atoms with Gasteiger partial charge in [-0.15, -0.1) is 0 Å². The first-order chi connectivity index (χ1) is 12.7. The molecule has 8 heteroatoms. The molecular formula is C18H20N4O4. The average molecular weight is 356 g/mol. The molecule has 1 aromatic heterocycles. The second kappa shape index (κ2) is 7.27. The van der Waals surface area contributed by atoms with Crippen LogP contribution in [0.1, 0.15) is 11.1 Å². The molecule has 3 heterocycles. The van der Waals surface area contributed by atoms with Crippen molar-refractivity contribution in [3.05, 3.63) is 57.8 Å². The summed E-state index contributed by atoms with van der Waals surface area (Å²) in [5.41, 5.74) is 1.68. The van der Waals surface area contributed by atoms with Crippen molar-refractivity contribution in [3.8, 4) is 5.75 Å². The van der Waals surface area contributed by atoms with Gasteiger partial charge in [-0.25, -0.2) is 4.98 Å². The fourth-order valence-corrected chi connectivity index (χ4v) is 3.42. The Morgan fingerprint density at radius 3 is 2.77 bits per heavy atom. The number of hydrogen-bond acceptors (Lipinski definition) is 7. The molecule has 8 nitrogen and oxygen atoms in total. The molecule has 0 aliphatic carbocycles. The molecule has 0 atom stereocenters. The van der Waals surface area contributed by atoms with Crippen LogP contribution >= 0.6 is 0 Å². The van der Waals surface area contributed by atoms with Crippen LogP contribution in [0, 0.1) is 10.1 Å². The summed E-state index contributed by atoms with van der Waals surface area (Å²) in [5.74, 6) is 1.72. The van der Waals surface area contributed by atoms with Gasteiger partial charge in [-0.1, -0.05) is 6.07 Å². The molecule has 0 saturated carbocycles. The summed E-state index contributed by atoms with van der Waals surface area (Å²) in [7, 11) is 0. The minimum atomic E-state index is -0.364. The van der Waals surface area contributed by atoms with Crippen molar-refractivity contribution in [1.29, 1.82) is 0 Å². The lowest BCUT2D eigenvalue weighted by Crippen LogP contribution is -2.46. The van der Waals surface area contributed by atoms with Gasteiger partial charge < -0.3 is 14.4 Å². The van der Waals surface area contributed by atoms with Crippen LogP contribution in [0.2, 0.25) is 0 Å². The predicted molar refractivity (Wildman–Crippen MR) is 95.1 cm³/mol. The van der Waals surface area contributed by atoms with Crippen LogP contribution in [0.3, 0.4) is 0 Å². The molecule has 1 fully saturated rings. The Morgan fingerprint density at radius 1 is 1.19 bits per heavy atom. The van der Waals surface area contributed by atoms with Crippen LogP contribution in [0.15, 0.2) is 36.5 Å². The van der Waals surface area contributed by atoms with E-state index in [0.717, 1.165) is 48.9 Å². The van der Waals surface area contributed by atoms with Crippen molar-refractivity contribution < 1.29 is 14.4 Å². The highest BCUT2D eigenvalue weighted by Crippen LogP contribution is 2.33. The lowest BCUT2D eigenvalue weighted by atomic mass is 10.1. The van der Waals surface area contributed by atoms with Gasteiger partial charge in [0.05, 0.1) is 11.5 Å². The lowest BCUT2D eigenvalue weighted by Gasteiger charge is -2.35. The van der Waals surface area contributed by atoms with Gasteiger partial charge in [0.15, 0.2) is 6.79 Å². The van der Waals surface area contributed by atoms with Gasteiger partial charge in [0.1, 0.15) is 11.6 Å². The van der Waals surface area contributed by atoms with E-state index in [1.54, 1.807) is 12.3 Å². The van der Waals surface area contributed by atoms with E-state index in [1.807, 2.05) is 18.2 Å². The Labute approximate surface area is 151 Å². The maximum absolute atomic E-state index is 11.2. The summed E-state index contributed by atoms with van der Waals surface area (Å²) in [4.78, 5) is 19.8. The summed E-state index contributed by atoms with van der Waals surface area (Å²) >= 11 is 0. The van der Waals surface area contributed by atoms with E-state index < -0.39 is 0 Å². The molecule has 0 bridgehead atoms. The van der Waals surface area contributed by atoms with E-state index in [2.05, 4.69) is 14.8 Å². The number of nitro groups is 1. The number of ether oxygens (including phenoxy) is 2.